The van der Waals surface area contributed by atoms with Gasteiger partial charge in [0.15, 0.2) is 0 Å². The molecular formula is C13H19ClN2O3S. The second-order valence-electron chi connectivity index (χ2n) is 4.55. The van der Waals surface area contributed by atoms with Gasteiger partial charge in [0.25, 0.3) is 0 Å². The zero-order chi connectivity index (χ0) is 15.3. The van der Waals surface area contributed by atoms with E-state index in [0.717, 1.165) is 5.57 Å². The summed E-state index contributed by atoms with van der Waals surface area (Å²) < 4.78 is 31.9. The van der Waals surface area contributed by atoms with Crippen LogP contribution >= 0.6 is 11.6 Å². The largest absolute Gasteiger partial charge is 0.397 e. The molecule has 0 heterocycles. The minimum atomic E-state index is -3.62. The summed E-state index contributed by atoms with van der Waals surface area (Å²) in [5, 5.41) is 0.339. The molecule has 7 heteroatoms. The molecule has 0 fully saturated rings. The Morgan fingerprint density at radius 2 is 2.15 bits per heavy atom. The van der Waals surface area contributed by atoms with Gasteiger partial charge in [0.05, 0.1) is 28.8 Å². The number of nitrogens with two attached hydrogens (primary N) is 1. The van der Waals surface area contributed by atoms with Gasteiger partial charge in [-0.2, -0.15) is 0 Å². The Kier molecular flexibility index (Phi) is 6.01. The topological polar surface area (TPSA) is 81.4 Å². The van der Waals surface area contributed by atoms with Gasteiger partial charge in [0.1, 0.15) is 0 Å². The van der Waals surface area contributed by atoms with Crippen molar-refractivity contribution in [2.45, 2.75) is 18.7 Å². The number of benzene rings is 1. The Morgan fingerprint density at radius 1 is 1.50 bits per heavy atom. The number of sulfonamides is 1. The lowest BCUT2D eigenvalue weighted by atomic mass is 10.2. The maximum absolute atomic E-state index is 12.1. The monoisotopic (exact) mass is 318 g/mol. The third-order valence-electron chi connectivity index (χ3n) is 2.47. The van der Waals surface area contributed by atoms with Crippen LogP contribution in [0.3, 0.4) is 0 Å². The molecule has 0 aliphatic carbocycles. The number of rotatable bonds is 7. The summed E-state index contributed by atoms with van der Waals surface area (Å²) in [6.45, 7) is 8.05. The van der Waals surface area contributed by atoms with E-state index in [-0.39, 0.29) is 23.7 Å². The number of aryl methyl sites for hydroxylation is 1. The normalized spacial score (nSPS) is 11.6. The van der Waals surface area contributed by atoms with Crippen LogP contribution in [-0.2, 0) is 14.8 Å². The number of nitrogens with one attached hydrogen (secondary N) is 1. The minimum Gasteiger partial charge on any atom is -0.397 e. The summed E-state index contributed by atoms with van der Waals surface area (Å²) in [7, 11) is -3.62. The Bertz CT molecular complexity index is 600. The molecule has 112 valence electrons. The van der Waals surface area contributed by atoms with E-state index in [1.165, 1.54) is 12.1 Å². The first-order valence-corrected chi connectivity index (χ1v) is 7.87. The quantitative estimate of drug-likeness (QED) is 0.458. The molecule has 0 radical (unpaired) electrons. The van der Waals surface area contributed by atoms with Crippen molar-refractivity contribution in [2.24, 2.45) is 0 Å². The van der Waals surface area contributed by atoms with E-state index >= 15 is 0 Å². The Balaban J connectivity index is 2.70. The van der Waals surface area contributed by atoms with Crippen molar-refractivity contribution in [1.82, 2.24) is 4.72 Å². The molecule has 0 aliphatic heterocycles. The molecule has 0 saturated heterocycles. The van der Waals surface area contributed by atoms with E-state index in [4.69, 9.17) is 22.1 Å². The van der Waals surface area contributed by atoms with Gasteiger partial charge in [-0.3, -0.25) is 0 Å². The van der Waals surface area contributed by atoms with Gasteiger partial charge in [-0.05, 0) is 31.5 Å². The van der Waals surface area contributed by atoms with Crippen molar-refractivity contribution in [3.8, 4) is 0 Å². The molecule has 1 rings (SSSR count). The number of ether oxygens (including phenoxy) is 1. The summed E-state index contributed by atoms with van der Waals surface area (Å²) in [6, 6.07) is 2.89. The van der Waals surface area contributed by atoms with Gasteiger partial charge < -0.3 is 10.5 Å². The van der Waals surface area contributed by atoms with Gasteiger partial charge in [-0.25, -0.2) is 13.1 Å². The van der Waals surface area contributed by atoms with Crippen LogP contribution in [0.1, 0.15) is 12.5 Å². The lowest BCUT2D eigenvalue weighted by Crippen LogP contribution is -2.28. The highest BCUT2D eigenvalue weighted by Crippen LogP contribution is 2.25. The first-order valence-electron chi connectivity index (χ1n) is 6.01. The highest BCUT2D eigenvalue weighted by Gasteiger charge is 2.17. The van der Waals surface area contributed by atoms with Crippen molar-refractivity contribution in [2.75, 3.05) is 25.5 Å². The van der Waals surface area contributed by atoms with E-state index in [2.05, 4.69) is 11.3 Å². The Hall–Kier alpha value is -1.08. The van der Waals surface area contributed by atoms with Crippen LogP contribution in [0.4, 0.5) is 5.69 Å². The average molecular weight is 319 g/mol. The Morgan fingerprint density at radius 3 is 2.75 bits per heavy atom. The molecule has 3 N–H and O–H groups in total. The zero-order valence-corrected chi connectivity index (χ0v) is 13.1. The fourth-order valence-corrected chi connectivity index (χ4v) is 3.02. The van der Waals surface area contributed by atoms with Crippen molar-refractivity contribution in [3.63, 3.8) is 0 Å². The summed E-state index contributed by atoms with van der Waals surface area (Å²) in [6.07, 6.45) is 0. The molecule has 1 aromatic rings. The molecule has 0 aliphatic rings. The van der Waals surface area contributed by atoms with Crippen LogP contribution in [-0.4, -0.2) is 28.2 Å². The fourth-order valence-electron chi connectivity index (χ4n) is 1.53. The lowest BCUT2D eigenvalue weighted by molar-refractivity contribution is 0.162. The summed E-state index contributed by atoms with van der Waals surface area (Å²) in [5.41, 5.74) is 7.29. The van der Waals surface area contributed by atoms with Gasteiger partial charge in [0.2, 0.25) is 10.0 Å². The van der Waals surface area contributed by atoms with Crippen LogP contribution in [0, 0.1) is 6.92 Å². The SMILES string of the molecule is C=C(C)COCCNS(=O)(=O)c1cc(N)c(Cl)cc1C. The number of nitrogen functional groups attached to an aromatic ring is 1. The molecule has 1 aromatic carbocycles. The van der Waals surface area contributed by atoms with Crippen molar-refractivity contribution >= 4 is 27.3 Å². The first kappa shape index (κ1) is 17.0. The van der Waals surface area contributed by atoms with Crippen molar-refractivity contribution in [3.05, 3.63) is 34.9 Å². The van der Waals surface area contributed by atoms with E-state index in [1.54, 1.807) is 6.92 Å². The molecule has 0 aromatic heterocycles. The standard InChI is InChI=1S/C13H19ClN2O3S/c1-9(2)8-19-5-4-16-20(17,18)13-7-12(15)11(14)6-10(13)3/h6-7,16H,1,4-5,8,15H2,2-3H3. The fraction of sp³-hybridized carbons (Fsp3) is 0.385. The third kappa shape index (κ3) is 4.79. The van der Waals surface area contributed by atoms with Gasteiger partial charge in [-0.1, -0.05) is 23.8 Å². The van der Waals surface area contributed by atoms with E-state index in [1.807, 2.05) is 6.92 Å². The minimum absolute atomic E-state index is 0.124. The molecular weight excluding hydrogens is 300 g/mol. The van der Waals surface area contributed by atoms with Crippen LogP contribution < -0.4 is 10.5 Å². The number of anilines is 1. The van der Waals surface area contributed by atoms with E-state index < -0.39 is 10.0 Å². The van der Waals surface area contributed by atoms with Gasteiger partial charge >= 0.3 is 0 Å². The predicted octanol–water partition coefficient (Wildman–Crippen LogP) is 2.10. The molecule has 20 heavy (non-hydrogen) atoms. The predicted molar refractivity (Wildman–Crippen MR) is 81.4 cm³/mol. The molecule has 0 spiro atoms. The van der Waals surface area contributed by atoms with Crippen LogP contribution in [0.2, 0.25) is 5.02 Å². The van der Waals surface area contributed by atoms with Crippen molar-refractivity contribution < 1.29 is 13.2 Å². The number of halogens is 1. The molecule has 0 unspecified atom stereocenters. The molecule has 0 bridgehead atoms. The molecule has 0 amide bonds. The van der Waals surface area contributed by atoms with Crippen LogP contribution in [0.5, 0.6) is 0 Å². The zero-order valence-electron chi connectivity index (χ0n) is 11.6. The first-order chi connectivity index (χ1) is 9.24. The van der Waals surface area contributed by atoms with Gasteiger partial charge in [0, 0.05) is 6.54 Å². The highest BCUT2D eigenvalue weighted by molar-refractivity contribution is 7.89. The summed E-state index contributed by atoms with van der Waals surface area (Å²) >= 11 is 5.84. The van der Waals surface area contributed by atoms with Crippen molar-refractivity contribution in [1.29, 1.82) is 0 Å². The van der Waals surface area contributed by atoms with Crippen LogP contribution in [0.25, 0.3) is 0 Å². The second-order valence-corrected chi connectivity index (χ2v) is 6.69. The molecule has 5 nitrogen and oxygen atoms in total. The second kappa shape index (κ2) is 7.08. The molecule has 0 saturated carbocycles. The number of hydrogen-bond donors (Lipinski definition) is 2. The lowest BCUT2D eigenvalue weighted by Gasteiger charge is -2.11. The highest BCUT2D eigenvalue weighted by atomic mass is 35.5. The number of hydrogen-bond acceptors (Lipinski definition) is 4. The van der Waals surface area contributed by atoms with E-state index in [0.29, 0.717) is 17.2 Å². The van der Waals surface area contributed by atoms with Gasteiger partial charge in [-0.15, -0.1) is 0 Å². The molecule has 0 atom stereocenters. The summed E-state index contributed by atoms with van der Waals surface area (Å²) in [5.74, 6) is 0. The van der Waals surface area contributed by atoms with Crippen LogP contribution in [0.15, 0.2) is 29.2 Å². The maximum atomic E-state index is 12.1. The summed E-state index contributed by atoms with van der Waals surface area (Å²) in [4.78, 5) is 0.124. The smallest absolute Gasteiger partial charge is 0.240 e. The maximum Gasteiger partial charge on any atom is 0.240 e. The van der Waals surface area contributed by atoms with E-state index in [9.17, 15) is 8.42 Å². The third-order valence-corrected chi connectivity index (χ3v) is 4.40. The Labute approximate surface area is 124 Å². The average Bonchev–Trinajstić information content (AvgIpc) is 2.32.